The second-order valence-corrected chi connectivity index (χ2v) is 14.7. The highest BCUT2D eigenvalue weighted by molar-refractivity contribution is 6.30. The van der Waals surface area contributed by atoms with Crippen LogP contribution >= 0.6 is 11.6 Å². The Balaban J connectivity index is 1.30. The first kappa shape index (κ1) is 39.1. The number of halogens is 1. The number of likely N-dealkylation sites (tertiary alicyclic amines) is 1. The van der Waals surface area contributed by atoms with Gasteiger partial charge >= 0.3 is 0 Å². The minimum Gasteiger partial charge on any atom is -0.414 e. The number of pyridine rings is 1. The summed E-state index contributed by atoms with van der Waals surface area (Å²) < 4.78 is 5.66. The first-order valence-electron chi connectivity index (χ1n) is 17.4. The van der Waals surface area contributed by atoms with E-state index in [2.05, 4.69) is 31.1 Å². The van der Waals surface area contributed by atoms with Gasteiger partial charge in [-0.15, -0.1) is 10.2 Å². The average molecular weight is 722 g/mol. The van der Waals surface area contributed by atoms with Gasteiger partial charge in [0, 0.05) is 35.3 Å². The van der Waals surface area contributed by atoms with E-state index in [9.17, 15) is 24.0 Å². The highest BCUT2D eigenvalue weighted by Gasteiger charge is 2.40. The summed E-state index contributed by atoms with van der Waals surface area (Å²) in [5.41, 5.74) is 0.347. The number of nitrogens with zero attached hydrogens (tertiary/aromatic N) is 4. The van der Waals surface area contributed by atoms with Crippen molar-refractivity contribution < 1.29 is 28.4 Å². The zero-order chi connectivity index (χ0) is 37.3. The Morgan fingerprint density at radius 2 is 1.67 bits per heavy atom. The molecule has 3 aromatic rings. The van der Waals surface area contributed by atoms with Gasteiger partial charge in [-0.25, -0.2) is 0 Å². The Hall–Kier alpha value is -4.65. The SMILES string of the molecule is CC(C)[C@H](NC(=O)[C@H]1CCCN1C(=O)[C@@H](NC(=O)CCCCC(C)(C)NC(=O)c1cc(Cl)ccn1)C(C)C)C(=O)c1nnc(-c2ccccc2)o1. The molecule has 1 fully saturated rings. The predicted octanol–water partition coefficient (Wildman–Crippen LogP) is 5.01. The molecule has 0 unspecified atom stereocenters. The van der Waals surface area contributed by atoms with Crippen LogP contribution in [-0.2, 0) is 14.4 Å². The second-order valence-electron chi connectivity index (χ2n) is 14.3. The normalized spacial score (nSPS) is 15.8. The van der Waals surface area contributed by atoms with Crippen molar-refractivity contribution in [2.75, 3.05) is 6.54 Å². The number of nitrogens with one attached hydrogen (secondary N) is 3. The van der Waals surface area contributed by atoms with Crippen molar-refractivity contribution in [2.24, 2.45) is 11.8 Å². The Morgan fingerprint density at radius 1 is 0.961 bits per heavy atom. The van der Waals surface area contributed by atoms with Crippen LogP contribution in [0.2, 0.25) is 5.02 Å². The number of rotatable bonds is 16. The van der Waals surface area contributed by atoms with Crippen LogP contribution in [0.25, 0.3) is 11.5 Å². The number of amides is 4. The van der Waals surface area contributed by atoms with Gasteiger partial charge in [0.1, 0.15) is 17.8 Å². The molecule has 13 nitrogen and oxygen atoms in total. The second kappa shape index (κ2) is 17.5. The van der Waals surface area contributed by atoms with Crippen molar-refractivity contribution >= 4 is 41.0 Å². The maximum Gasteiger partial charge on any atom is 0.286 e. The molecule has 0 radical (unpaired) electrons. The van der Waals surface area contributed by atoms with Gasteiger partial charge in [-0.05, 0) is 75.6 Å². The quantitative estimate of drug-likeness (QED) is 0.136. The van der Waals surface area contributed by atoms with E-state index in [0.717, 1.165) is 0 Å². The summed E-state index contributed by atoms with van der Waals surface area (Å²) in [6.45, 7) is 11.4. The molecule has 4 amide bonds. The smallest absolute Gasteiger partial charge is 0.286 e. The molecule has 2 aromatic heterocycles. The van der Waals surface area contributed by atoms with Crippen LogP contribution < -0.4 is 16.0 Å². The maximum atomic E-state index is 13.8. The van der Waals surface area contributed by atoms with Crippen LogP contribution in [-0.4, -0.2) is 79.7 Å². The number of ketones is 1. The highest BCUT2D eigenvalue weighted by Crippen LogP contribution is 2.23. The van der Waals surface area contributed by atoms with Gasteiger partial charge in [0.2, 0.25) is 29.4 Å². The number of hydrogen-bond donors (Lipinski definition) is 3. The van der Waals surface area contributed by atoms with Crippen molar-refractivity contribution in [1.29, 1.82) is 0 Å². The zero-order valence-electron chi connectivity index (χ0n) is 30.1. The van der Waals surface area contributed by atoms with Crippen LogP contribution in [0.4, 0.5) is 0 Å². The van der Waals surface area contributed by atoms with E-state index >= 15 is 0 Å². The fourth-order valence-electron chi connectivity index (χ4n) is 5.99. The molecule has 0 spiro atoms. The number of carbonyl (C=O) groups excluding carboxylic acids is 5. The highest BCUT2D eigenvalue weighted by atomic mass is 35.5. The number of Topliss-reactive ketones (excluding diaryl/α,β-unsaturated/α-hetero) is 1. The molecular weight excluding hydrogens is 674 g/mol. The third-order valence-electron chi connectivity index (χ3n) is 8.85. The number of carbonyl (C=O) groups is 5. The Kier molecular flexibility index (Phi) is 13.4. The Bertz CT molecular complexity index is 1690. The zero-order valence-corrected chi connectivity index (χ0v) is 30.8. The summed E-state index contributed by atoms with van der Waals surface area (Å²) in [5, 5.41) is 17.0. The van der Waals surface area contributed by atoms with E-state index < -0.39 is 35.4 Å². The first-order chi connectivity index (χ1) is 24.2. The topological polar surface area (TPSA) is 176 Å². The lowest BCUT2D eigenvalue weighted by Crippen LogP contribution is -2.57. The monoisotopic (exact) mass is 721 g/mol. The molecule has 51 heavy (non-hydrogen) atoms. The van der Waals surface area contributed by atoms with Gasteiger partial charge < -0.3 is 25.3 Å². The lowest BCUT2D eigenvalue weighted by atomic mass is 9.96. The predicted molar refractivity (Wildman–Crippen MR) is 192 cm³/mol. The molecule has 14 heteroatoms. The average Bonchev–Trinajstić information content (AvgIpc) is 3.79. The van der Waals surface area contributed by atoms with E-state index in [1.807, 2.05) is 45.9 Å². The van der Waals surface area contributed by atoms with Crippen LogP contribution in [0, 0.1) is 11.8 Å². The standard InChI is InChI=1S/C37H48ClN7O6/c1-22(2)29(31(47)35-44-43-34(51-35)24-13-8-7-9-14-24)41-33(49)27-15-12-20-45(27)36(50)30(23(3)4)40-28(46)16-10-11-18-37(5,6)42-32(48)26-21-25(38)17-19-39-26/h7-9,13-14,17,19,21-23,27,29-30H,10-12,15-16,18,20H2,1-6H3,(H,40,46)(H,41,49)(H,42,48)/t27-,29+,30+/m1/s1. The fraction of sp³-hybridized carbons (Fsp3) is 0.514. The van der Waals surface area contributed by atoms with Crippen molar-refractivity contribution in [3.63, 3.8) is 0 Å². The van der Waals surface area contributed by atoms with Crippen LogP contribution in [0.3, 0.4) is 0 Å². The van der Waals surface area contributed by atoms with Gasteiger partial charge in [-0.1, -0.05) is 63.9 Å². The van der Waals surface area contributed by atoms with Crippen molar-refractivity contribution in [1.82, 2.24) is 36.0 Å². The number of hydrogen-bond acceptors (Lipinski definition) is 9. The molecule has 4 rings (SSSR count). The molecule has 1 aliphatic heterocycles. The van der Waals surface area contributed by atoms with Crippen LogP contribution in [0.15, 0.2) is 53.1 Å². The van der Waals surface area contributed by atoms with Gasteiger partial charge in [0.05, 0.1) is 6.04 Å². The molecule has 1 saturated heterocycles. The maximum absolute atomic E-state index is 13.8. The van der Waals surface area contributed by atoms with Gasteiger partial charge in [0.25, 0.3) is 11.8 Å². The minimum absolute atomic E-state index is 0.195. The summed E-state index contributed by atoms with van der Waals surface area (Å²) in [7, 11) is 0. The van der Waals surface area contributed by atoms with Gasteiger partial charge in [-0.3, -0.25) is 29.0 Å². The van der Waals surface area contributed by atoms with Crippen molar-refractivity contribution in [2.45, 2.75) is 104 Å². The van der Waals surface area contributed by atoms with E-state index in [4.69, 9.17) is 16.0 Å². The summed E-state index contributed by atoms with van der Waals surface area (Å²) in [6.07, 6.45) is 4.52. The third-order valence-corrected chi connectivity index (χ3v) is 9.09. The molecule has 3 atom stereocenters. The molecule has 0 aliphatic carbocycles. The number of unbranched alkanes of at least 4 members (excludes halogenated alkanes) is 1. The van der Waals surface area contributed by atoms with Gasteiger partial charge in [0.15, 0.2) is 0 Å². The molecular formula is C37H48ClN7O6. The summed E-state index contributed by atoms with van der Waals surface area (Å²) in [4.78, 5) is 72.1. The summed E-state index contributed by atoms with van der Waals surface area (Å²) >= 11 is 5.98. The molecule has 1 aliphatic rings. The van der Waals surface area contributed by atoms with Crippen LogP contribution in [0.1, 0.15) is 101 Å². The third kappa shape index (κ3) is 10.7. The number of aromatic nitrogens is 3. The van der Waals surface area contributed by atoms with Crippen LogP contribution in [0.5, 0.6) is 0 Å². The molecule has 0 saturated carbocycles. The number of benzene rings is 1. The Labute approximate surface area is 303 Å². The van der Waals surface area contributed by atoms with Crippen molar-refractivity contribution in [3.05, 3.63) is 65.3 Å². The summed E-state index contributed by atoms with van der Waals surface area (Å²) in [5.74, 6) is -2.46. The molecule has 1 aromatic carbocycles. The van der Waals surface area contributed by atoms with Crippen molar-refractivity contribution in [3.8, 4) is 11.5 Å². The molecule has 3 heterocycles. The lowest BCUT2D eigenvalue weighted by Gasteiger charge is -2.31. The fourth-order valence-corrected chi connectivity index (χ4v) is 6.15. The van der Waals surface area contributed by atoms with E-state index in [0.29, 0.717) is 49.2 Å². The molecule has 3 N–H and O–H groups in total. The first-order valence-corrected chi connectivity index (χ1v) is 17.8. The molecule has 274 valence electrons. The Morgan fingerprint density at radius 3 is 2.33 bits per heavy atom. The lowest BCUT2D eigenvalue weighted by molar-refractivity contribution is -0.142. The van der Waals surface area contributed by atoms with Gasteiger partial charge in [-0.2, -0.15) is 0 Å². The minimum atomic E-state index is -0.952. The molecule has 0 bridgehead atoms. The van der Waals surface area contributed by atoms with E-state index in [1.165, 1.54) is 17.2 Å². The summed E-state index contributed by atoms with van der Waals surface area (Å²) in [6, 6.07) is 9.58. The largest absolute Gasteiger partial charge is 0.414 e. The van der Waals surface area contributed by atoms with E-state index in [1.54, 1.807) is 32.0 Å². The van der Waals surface area contributed by atoms with E-state index in [-0.39, 0.29) is 53.5 Å².